The number of halogens is 1. The van der Waals surface area contributed by atoms with Crippen LogP contribution in [0.5, 0.6) is 0 Å². The number of nitrogens with one attached hydrogen (secondary N) is 1. The average Bonchev–Trinajstić information content (AvgIpc) is 3.30. The number of benzene rings is 2. The highest BCUT2D eigenvalue weighted by molar-refractivity contribution is 5.95. The highest BCUT2D eigenvalue weighted by Gasteiger charge is 2.43. The summed E-state index contributed by atoms with van der Waals surface area (Å²) in [5, 5.41) is 2.92. The van der Waals surface area contributed by atoms with Gasteiger partial charge in [-0.1, -0.05) is 30.3 Å². The molecule has 1 spiro atoms. The van der Waals surface area contributed by atoms with Gasteiger partial charge in [0.25, 0.3) is 11.8 Å². The first kappa shape index (κ1) is 23.2. The number of rotatable bonds is 5. The molecule has 6 nitrogen and oxygen atoms in total. The Morgan fingerprint density at radius 3 is 2.51 bits per heavy atom. The number of likely N-dealkylation sites (tertiary alicyclic amines) is 1. The minimum atomic E-state index is -0.281. The minimum Gasteiger partial charge on any atom is -0.370 e. The van der Waals surface area contributed by atoms with Gasteiger partial charge in [-0.15, -0.1) is 0 Å². The van der Waals surface area contributed by atoms with Gasteiger partial charge >= 0.3 is 0 Å². The van der Waals surface area contributed by atoms with Crippen LogP contribution in [0.2, 0.25) is 0 Å². The van der Waals surface area contributed by atoms with E-state index in [1.165, 1.54) is 12.1 Å². The van der Waals surface area contributed by atoms with Crippen LogP contribution < -0.4 is 5.32 Å². The van der Waals surface area contributed by atoms with Crippen LogP contribution in [-0.2, 0) is 4.74 Å². The number of aromatic nitrogens is 1. The monoisotopic (exact) mass is 473 g/mol. The molecule has 7 heteroatoms. The van der Waals surface area contributed by atoms with Gasteiger partial charge in [0.05, 0.1) is 11.7 Å². The lowest BCUT2D eigenvalue weighted by Gasteiger charge is -2.39. The van der Waals surface area contributed by atoms with E-state index in [9.17, 15) is 14.0 Å². The SMILES string of the molecule is O=C(NC[C@H]1CCC2(CCN(C(=O)c3ccc(-c4cccc(F)c4)cc3)CC2)O1)c1ccccn1. The summed E-state index contributed by atoms with van der Waals surface area (Å²) in [6.07, 6.45) is 4.96. The lowest BCUT2D eigenvalue weighted by Crippen LogP contribution is -2.47. The Labute approximate surface area is 204 Å². The fourth-order valence-corrected chi connectivity index (χ4v) is 4.97. The van der Waals surface area contributed by atoms with E-state index in [4.69, 9.17) is 4.74 Å². The summed E-state index contributed by atoms with van der Waals surface area (Å²) in [7, 11) is 0. The molecule has 0 aliphatic carbocycles. The summed E-state index contributed by atoms with van der Waals surface area (Å²) in [5.74, 6) is -0.473. The first-order chi connectivity index (χ1) is 17.0. The van der Waals surface area contributed by atoms with Crippen molar-refractivity contribution in [3.05, 3.63) is 90.0 Å². The topological polar surface area (TPSA) is 71.5 Å². The first-order valence-corrected chi connectivity index (χ1v) is 12.0. The van der Waals surface area contributed by atoms with Crippen molar-refractivity contribution in [1.29, 1.82) is 0 Å². The van der Waals surface area contributed by atoms with Crippen LogP contribution >= 0.6 is 0 Å². The maximum absolute atomic E-state index is 13.5. The van der Waals surface area contributed by atoms with Crippen molar-refractivity contribution in [3.8, 4) is 11.1 Å². The van der Waals surface area contributed by atoms with Gasteiger partial charge in [-0.05, 0) is 73.2 Å². The van der Waals surface area contributed by atoms with Gasteiger partial charge in [-0.3, -0.25) is 14.6 Å². The predicted molar refractivity (Wildman–Crippen MR) is 130 cm³/mol. The van der Waals surface area contributed by atoms with Gasteiger partial charge in [0, 0.05) is 31.4 Å². The summed E-state index contributed by atoms with van der Waals surface area (Å²) < 4.78 is 19.9. The van der Waals surface area contributed by atoms with Crippen LogP contribution in [0.3, 0.4) is 0 Å². The second kappa shape index (κ2) is 9.96. The maximum Gasteiger partial charge on any atom is 0.269 e. The molecule has 2 fully saturated rings. The molecule has 0 bridgehead atoms. The van der Waals surface area contributed by atoms with Crippen LogP contribution in [0, 0.1) is 5.82 Å². The number of carbonyl (C=O) groups excluding carboxylic acids is 2. The van der Waals surface area contributed by atoms with Gasteiger partial charge < -0.3 is 15.0 Å². The molecule has 1 aromatic heterocycles. The van der Waals surface area contributed by atoms with E-state index >= 15 is 0 Å². The molecule has 5 rings (SSSR count). The van der Waals surface area contributed by atoms with Gasteiger partial charge in [0.2, 0.25) is 0 Å². The van der Waals surface area contributed by atoms with E-state index in [2.05, 4.69) is 10.3 Å². The third kappa shape index (κ3) is 5.25. The quantitative estimate of drug-likeness (QED) is 0.594. The Kier molecular flexibility index (Phi) is 6.59. The number of hydrogen-bond acceptors (Lipinski definition) is 4. The number of ether oxygens (including phenoxy) is 1. The molecule has 0 saturated carbocycles. The van der Waals surface area contributed by atoms with E-state index < -0.39 is 0 Å². The van der Waals surface area contributed by atoms with Crippen LogP contribution in [0.25, 0.3) is 11.1 Å². The number of piperidine rings is 1. The van der Waals surface area contributed by atoms with Crippen LogP contribution in [0.4, 0.5) is 4.39 Å². The molecule has 3 aromatic rings. The molecule has 3 heterocycles. The number of nitrogens with zero attached hydrogens (tertiary/aromatic N) is 2. The smallest absolute Gasteiger partial charge is 0.269 e. The van der Waals surface area contributed by atoms with Gasteiger partial charge in [0.15, 0.2) is 0 Å². The number of pyridine rings is 1. The molecule has 2 amide bonds. The Bertz CT molecular complexity index is 1190. The fraction of sp³-hybridized carbons (Fsp3) is 0.321. The van der Waals surface area contributed by atoms with Crippen molar-refractivity contribution >= 4 is 11.8 Å². The molecule has 0 radical (unpaired) electrons. The zero-order chi connectivity index (χ0) is 24.3. The first-order valence-electron chi connectivity index (χ1n) is 12.0. The van der Waals surface area contributed by atoms with E-state index in [1.807, 2.05) is 23.1 Å². The molecule has 2 aliphatic rings. The molecule has 2 aromatic carbocycles. The van der Waals surface area contributed by atoms with Crippen LogP contribution in [0.15, 0.2) is 72.9 Å². The molecule has 35 heavy (non-hydrogen) atoms. The number of carbonyl (C=O) groups is 2. The standard InChI is InChI=1S/C28H28FN3O3/c29-23-5-3-4-22(18-23)20-7-9-21(10-8-20)27(34)32-16-13-28(14-17-32)12-11-24(35-28)19-31-26(33)25-6-1-2-15-30-25/h1-10,15,18,24H,11-14,16-17,19H2,(H,31,33)/t24-/m1/s1. The maximum atomic E-state index is 13.5. The van der Waals surface area contributed by atoms with Crippen molar-refractivity contribution in [2.24, 2.45) is 0 Å². The number of hydrogen-bond donors (Lipinski definition) is 1. The largest absolute Gasteiger partial charge is 0.370 e. The molecule has 1 N–H and O–H groups in total. The Hall–Kier alpha value is -3.58. The molecule has 1 atom stereocenters. The van der Waals surface area contributed by atoms with E-state index in [-0.39, 0.29) is 29.3 Å². The Morgan fingerprint density at radius 1 is 1.00 bits per heavy atom. The second-order valence-corrected chi connectivity index (χ2v) is 9.27. The predicted octanol–water partition coefficient (Wildman–Crippen LogP) is 4.47. The summed E-state index contributed by atoms with van der Waals surface area (Å²) >= 11 is 0. The lowest BCUT2D eigenvalue weighted by atomic mass is 9.88. The third-order valence-electron chi connectivity index (χ3n) is 6.98. The van der Waals surface area contributed by atoms with Crippen molar-refractivity contribution in [1.82, 2.24) is 15.2 Å². The summed E-state index contributed by atoms with van der Waals surface area (Å²) in [5.41, 5.74) is 2.46. The normalized spacial score (nSPS) is 19.0. The van der Waals surface area contributed by atoms with E-state index in [0.717, 1.165) is 36.8 Å². The van der Waals surface area contributed by atoms with Crippen molar-refractivity contribution in [2.75, 3.05) is 19.6 Å². The zero-order valence-corrected chi connectivity index (χ0v) is 19.5. The fourth-order valence-electron chi connectivity index (χ4n) is 4.97. The van der Waals surface area contributed by atoms with E-state index in [1.54, 1.807) is 42.6 Å². The molecule has 2 saturated heterocycles. The average molecular weight is 474 g/mol. The molecule has 180 valence electrons. The zero-order valence-electron chi connectivity index (χ0n) is 19.5. The highest BCUT2D eigenvalue weighted by Crippen LogP contribution is 2.39. The van der Waals surface area contributed by atoms with Crippen molar-refractivity contribution < 1.29 is 18.7 Å². The van der Waals surface area contributed by atoms with Crippen molar-refractivity contribution in [3.63, 3.8) is 0 Å². The molecule has 0 unspecified atom stereocenters. The summed E-state index contributed by atoms with van der Waals surface area (Å²) in [6, 6.07) is 19.0. The van der Waals surface area contributed by atoms with E-state index in [0.29, 0.717) is 30.9 Å². The van der Waals surface area contributed by atoms with Crippen LogP contribution in [0.1, 0.15) is 46.5 Å². The Morgan fingerprint density at radius 2 is 1.80 bits per heavy atom. The lowest BCUT2D eigenvalue weighted by molar-refractivity contribution is -0.0712. The van der Waals surface area contributed by atoms with Gasteiger partial charge in [0.1, 0.15) is 11.5 Å². The Balaban J connectivity index is 1.12. The highest BCUT2D eigenvalue weighted by atomic mass is 19.1. The molecular weight excluding hydrogens is 445 g/mol. The van der Waals surface area contributed by atoms with Gasteiger partial charge in [-0.2, -0.15) is 0 Å². The van der Waals surface area contributed by atoms with Crippen molar-refractivity contribution in [2.45, 2.75) is 37.4 Å². The summed E-state index contributed by atoms with van der Waals surface area (Å²) in [6.45, 7) is 1.73. The van der Waals surface area contributed by atoms with Crippen LogP contribution in [-0.4, -0.2) is 53.0 Å². The molecular formula is C28H28FN3O3. The van der Waals surface area contributed by atoms with Gasteiger partial charge in [-0.25, -0.2) is 4.39 Å². The number of amides is 2. The second-order valence-electron chi connectivity index (χ2n) is 9.27. The third-order valence-corrected chi connectivity index (χ3v) is 6.98. The minimum absolute atomic E-state index is 0.00261. The molecule has 2 aliphatic heterocycles. The summed E-state index contributed by atoms with van der Waals surface area (Å²) in [4.78, 5) is 31.3.